The second-order valence-corrected chi connectivity index (χ2v) is 7.41. The standard InChI is InChI=1S/C15H24N4O2.C2HF3O2/c1-10(21-14(2,3)4)11(16)12(20)19-15(6-7-15)13-17-8-5-9-18-13;3-2(4,5)1(6)7/h5,8-11H,6-7,16H2,1-4H3,(H,19,20);(H,6,7). The van der Waals surface area contributed by atoms with Gasteiger partial charge >= 0.3 is 12.1 Å². The maximum absolute atomic E-state index is 12.3. The Hall–Kier alpha value is -2.27. The second kappa shape index (κ2) is 8.82. The number of nitrogens with one attached hydrogen (secondary N) is 1. The zero-order chi connectivity index (χ0) is 21.8. The van der Waals surface area contributed by atoms with Gasteiger partial charge in [-0.05, 0) is 46.6 Å². The van der Waals surface area contributed by atoms with Crippen LogP contribution >= 0.6 is 0 Å². The summed E-state index contributed by atoms with van der Waals surface area (Å²) in [5.41, 5.74) is 5.22. The summed E-state index contributed by atoms with van der Waals surface area (Å²) in [7, 11) is 0. The number of aliphatic carboxylic acids is 1. The lowest BCUT2D eigenvalue weighted by molar-refractivity contribution is -0.192. The predicted octanol–water partition coefficient (Wildman–Crippen LogP) is 1.75. The van der Waals surface area contributed by atoms with Crippen molar-refractivity contribution in [1.82, 2.24) is 15.3 Å². The summed E-state index contributed by atoms with van der Waals surface area (Å²) >= 11 is 0. The van der Waals surface area contributed by atoms with Crippen LogP contribution in [-0.2, 0) is 19.9 Å². The molecule has 4 N–H and O–H groups in total. The van der Waals surface area contributed by atoms with Crippen molar-refractivity contribution in [1.29, 1.82) is 0 Å². The molecule has 1 aliphatic carbocycles. The number of ether oxygens (including phenoxy) is 1. The van der Waals surface area contributed by atoms with Crippen LogP contribution in [-0.4, -0.2) is 50.9 Å². The number of hydrogen-bond acceptors (Lipinski definition) is 6. The summed E-state index contributed by atoms with van der Waals surface area (Å²) in [4.78, 5) is 29.7. The number of nitrogens with zero attached hydrogens (tertiary/aromatic N) is 2. The van der Waals surface area contributed by atoms with Crippen LogP contribution in [0.5, 0.6) is 0 Å². The minimum absolute atomic E-state index is 0.225. The molecule has 2 unspecified atom stereocenters. The van der Waals surface area contributed by atoms with E-state index < -0.39 is 23.7 Å². The first-order valence-electron chi connectivity index (χ1n) is 8.51. The summed E-state index contributed by atoms with van der Waals surface area (Å²) in [6.07, 6.45) is -0.411. The Labute approximate surface area is 160 Å². The fourth-order valence-electron chi connectivity index (χ4n) is 2.24. The molecule has 1 aromatic heterocycles. The van der Waals surface area contributed by atoms with Crippen molar-refractivity contribution in [3.8, 4) is 0 Å². The molecule has 158 valence electrons. The van der Waals surface area contributed by atoms with E-state index in [0.29, 0.717) is 5.82 Å². The first-order valence-corrected chi connectivity index (χ1v) is 8.51. The molecule has 1 aliphatic rings. The Bertz CT molecular complexity index is 673. The molecular formula is C17H25F3N4O4. The second-order valence-electron chi connectivity index (χ2n) is 7.41. The molecule has 0 radical (unpaired) electrons. The number of nitrogens with two attached hydrogens (primary N) is 1. The third kappa shape index (κ3) is 7.39. The summed E-state index contributed by atoms with van der Waals surface area (Å²) in [6, 6.07) is 1.04. The monoisotopic (exact) mass is 406 g/mol. The molecule has 0 saturated heterocycles. The molecule has 0 bridgehead atoms. The number of carboxylic acids is 1. The van der Waals surface area contributed by atoms with Crippen molar-refractivity contribution in [2.24, 2.45) is 5.73 Å². The highest BCUT2D eigenvalue weighted by molar-refractivity contribution is 5.83. The molecule has 0 spiro atoms. The number of alkyl halides is 3. The smallest absolute Gasteiger partial charge is 0.475 e. The van der Waals surface area contributed by atoms with E-state index in [2.05, 4.69) is 15.3 Å². The van der Waals surface area contributed by atoms with Gasteiger partial charge in [0, 0.05) is 12.4 Å². The van der Waals surface area contributed by atoms with Crippen molar-refractivity contribution < 1.29 is 32.6 Å². The van der Waals surface area contributed by atoms with Crippen LogP contribution in [0.1, 0.15) is 46.4 Å². The van der Waals surface area contributed by atoms with Gasteiger partial charge in [0.2, 0.25) is 5.91 Å². The fraction of sp³-hybridized carbons (Fsp3) is 0.647. The fourth-order valence-corrected chi connectivity index (χ4v) is 2.24. The molecule has 28 heavy (non-hydrogen) atoms. The van der Waals surface area contributed by atoms with Gasteiger partial charge in [-0.25, -0.2) is 14.8 Å². The molecular weight excluding hydrogens is 381 g/mol. The molecule has 2 atom stereocenters. The Morgan fingerprint density at radius 2 is 1.71 bits per heavy atom. The molecule has 1 saturated carbocycles. The van der Waals surface area contributed by atoms with Crippen LogP contribution in [0.3, 0.4) is 0 Å². The van der Waals surface area contributed by atoms with Crippen molar-refractivity contribution in [3.05, 3.63) is 24.3 Å². The highest BCUT2D eigenvalue weighted by atomic mass is 19.4. The lowest BCUT2D eigenvalue weighted by atomic mass is 10.1. The summed E-state index contributed by atoms with van der Waals surface area (Å²) in [5, 5.41) is 10.1. The van der Waals surface area contributed by atoms with E-state index in [9.17, 15) is 18.0 Å². The van der Waals surface area contributed by atoms with Crippen LogP contribution in [0.4, 0.5) is 13.2 Å². The third-order valence-corrected chi connectivity index (χ3v) is 3.70. The van der Waals surface area contributed by atoms with Gasteiger partial charge in [-0.2, -0.15) is 13.2 Å². The number of carbonyl (C=O) groups is 2. The number of rotatable bonds is 5. The Morgan fingerprint density at radius 3 is 2.07 bits per heavy atom. The van der Waals surface area contributed by atoms with E-state index in [0.717, 1.165) is 12.8 Å². The molecule has 8 nitrogen and oxygen atoms in total. The average Bonchev–Trinajstić information content (AvgIpc) is 3.33. The Balaban J connectivity index is 0.000000480. The van der Waals surface area contributed by atoms with Gasteiger partial charge < -0.3 is 20.9 Å². The van der Waals surface area contributed by atoms with Crippen molar-refractivity contribution in [3.63, 3.8) is 0 Å². The zero-order valence-electron chi connectivity index (χ0n) is 16.1. The molecule has 1 heterocycles. The number of carboxylic acid groups (broad SMARTS) is 1. The van der Waals surface area contributed by atoms with Crippen LogP contribution in [0.2, 0.25) is 0 Å². The molecule has 1 amide bonds. The molecule has 2 rings (SSSR count). The molecule has 0 aliphatic heterocycles. The summed E-state index contributed by atoms with van der Waals surface area (Å²) < 4.78 is 37.5. The lowest BCUT2D eigenvalue weighted by Gasteiger charge is -2.29. The minimum Gasteiger partial charge on any atom is -0.475 e. The topological polar surface area (TPSA) is 127 Å². The Kier molecular flexibility index (Phi) is 7.49. The molecule has 1 fully saturated rings. The largest absolute Gasteiger partial charge is 0.490 e. The summed E-state index contributed by atoms with van der Waals surface area (Å²) in [5.74, 6) is -2.33. The number of aromatic nitrogens is 2. The number of halogens is 3. The van der Waals surface area contributed by atoms with Crippen LogP contribution in [0, 0.1) is 0 Å². The molecule has 1 aromatic rings. The first-order chi connectivity index (χ1) is 12.7. The maximum Gasteiger partial charge on any atom is 0.490 e. The molecule has 0 aromatic carbocycles. The maximum atomic E-state index is 12.3. The van der Waals surface area contributed by atoms with Gasteiger partial charge in [0.15, 0.2) is 5.82 Å². The van der Waals surface area contributed by atoms with E-state index in [4.69, 9.17) is 20.4 Å². The average molecular weight is 406 g/mol. The van der Waals surface area contributed by atoms with Crippen LogP contribution < -0.4 is 11.1 Å². The van der Waals surface area contributed by atoms with E-state index in [1.807, 2.05) is 27.7 Å². The number of carbonyl (C=O) groups excluding carboxylic acids is 1. The van der Waals surface area contributed by atoms with E-state index in [1.165, 1.54) is 0 Å². The third-order valence-electron chi connectivity index (χ3n) is 3.70. The lowest BCUT2D eigenvalue weighted by Crippen LogP contribution is -2.52. The van der Waals surface area contributed by atoms with E-state index in [-0.39, 0.29) is 17.6 Å². The normalized spacial score (nSPS) is 17.6. The van der Waals surface area contributed by atoms with Crippen molar-refractivity contribution in [2.45, 2.75) is 70.0 Å². The van der Waals surface area contributed by atoms with Gasteiger partial charge in [0.25, 0.3) is 0 Å². The first kappa shape index (κ1) is 23.8. The zero-order valence-corrected chi connectivity index (χ0v) is 16.1. The van der Waals surface area contributed by atoms with Gasteiger partial charge in [-0.1, -0.05) is 0 Å². The SMILES string of the molecule is CC(OC(C)(C)C)C(N)C(=O)NC1(c2ncccn2)CC1.O=C(O)C(F)(F)F. The van der Waals surface area contributed by atoms with Gasteiger partial charge in [-0.3, -0.25) is 4.79 Å². The van der Waals surface area contributed by atoms with Crippen LogP contribution in [0.25, 0.3) is 0 Å². The van der Waals surface area contributed by atoms with Gasteiger partial charge in [-0.15, -0.1) is 0 Å². The quantitative estimate of drug-likeness (QED) is 0.680. The molecule has 11 heteroatoms. The Morgan fingerprint density at radius 1 is 1.25 bits per heavy atom. The van der Waals surface area contributed by atoms with E-state index in [1.54, 1.807) is 18.5 Å². The number of hydrogen-bond donors (Lipinski definition) is 3. The van der Waals surface area contributed by atoms with Gasteiger partial charge in [0.05, 0.1) is 17.2 Å². The summed E-state index contributed by atoms with van der Waals surface area (Å²) in [6.45, 7) is 7.63. The number of amides is 1. The van der Waals surface area contributed by atoms with Gasteiger partial charge in [0.1, 0.15) is 6.04 Å². The van der Waals surface area contributed by atoms with Crippen molar-refractivity contribution >= 4 is 11.9 Å². The highest BCUT2D eigenvalue weighted by Crippen LogP contribution is 2.43. The van der Waals surface area contributed by atoms with Crippen LogP contribution in [0.15, 0.2) is 18.5 Å². The predicted molar refractivity (Wildman–Crippen MR) is 93.1 cm³/mol. The van der Waals surface area contributed by atoms with E-state index >= 15 is 0 Å². The minimum atomic E-state index is -5.08. The highest BCUT2D eigenvalue weighted by Gasteiger charge is 2.49. The van der Waals surface area contributed by atoms with Crippen molar-refractivity contribution in [2.75, 3.05) is 0 Å².